The summed E-state index contributed by atoms with van der Waals surface area (Å²) in [6, 6.07) is 21.4. The van der Waals surface area contributed by atoms with Crippen LogP contribution in [0, 0.1) is 0 Å². The van der Waals surface area contributed by atoms with E-state index in [9.17, 15) is 9.59 Å². The number of likely N-dealkylation sites (N-methyl/N-ethyl adjacent to an activating group) is 1. The highest BCUT2D eigenvalue weighted by Crippen LogP contribution is 2.40. The summed E-state index contributed by atoms with van der Waals surface area (Å²) < 4.78 is 11.2. The molecule has 0 spiro atoms. The molecule has 2 amide bonds. The summed E-state index contributed by atoms with van der Waals surface area (Å²) >= 11 is 6.06. The van der Waals surface area contributed by atoms with Crippen LogP contribution < -0.4 is 19.3 Å². The Bertz CT molecular complexity index is 1240. The van der Waals surface area contributed by atoms with E-state index in [1.807, 2.05) is 30.3 Å². The predicted octanol–water partition coefficient (Wildman–Crippen LogP) is 4.53. The molecule has 3 aromatic carbocycles. The summed E-state index contributed by atoms with van der Waals surface area (Å²) in [7, 11) is 1.78. The van der Waals surface area contributed by atoms with Crippen LogP contribution in [0.5, 0.6) is 11.5 Å². The molecule has 0 saturated carbocycles. The number of imide groups is 1. The summed E-state index contributed by atoms with van der Waals surface area (Å²) in [4.78, 5) is 30.2. The van der Waals surface area contributed by atoms with Crippen LogP contribution in [0.2, 0.25) is 5.02 Å². The van der Waals surface area contributed by atoms with Crippen LogP contribution in [-0.2, 0) is 9.59 Å². The minimum Gasteiger partial charge on any atom is -0.486 e. The van der Waals surface area contributed by atoms with Gasteiger partial charge in [0.15, 0.2) is 11.5 Å². The monoisotopic (exact) mass is 446 g/mol. The first kappa shape index (κ1) is 20.2. The molecule has 7 heteroatoms. The van der Waals surface area contributed by atoms with E-state index in [4.69, 9.17) is 21.1 Å². The zero-order valence-corrected chi connectivity index (χ0v) is 18.0. The number of amides is 2. The lowest BCUT2D eigenvalue weighted by molar-refractivity contribution is -0.120. The minimum absolute atomic E-state index is 0.290. The molecule has 0 aromatic heterocycles. The Hall–Kier alpha value is -3.77. The number of para-hydroxylation sites is 1. The third kappa shape index (κ3) is 3.39. The van der Waals surface area contributed by atoms with Gasteiger partial charge in [-0.15, -0.1) is 0 Å². The lowest BCUT2D eigenvalue weighted by Gasteiger charge is -2.23. The van der Waals surface area contributed by atoms with Crippen molar-refractivity contribution in [1.82, 2.24) is 0 Å². The van der Waals surface area contributed by atoms with E-state index in [0.29, 0.717) is 52.3 Å². The molecule has 2 aliphatic heterocycles. The van der Waals surface area contributed by atoms with E-state index in [-0.39, 0.29) is 0 Å². The Labute approximate surface area is 190 Å². The Morgan fingerprint density at radius 3 is 2.25 bits per heavy atom. The largest absolute Gasteiger partial charge is 0.486 e. The quantitative estimate of drug-likeness (QED) is 0.551. The number of carbonyl (C=O) groups excluding carboxylic acids is 2. The lowest BCUT2D eigenvalue weighted by Crippen LogP contribution is -2.34. The van der Waals surface area contributed by atoms with Gasteiger partial charge < -0.3 is 14.4 Å². The average Bonchev–Trinajstić information content (AvgIpc) is 3.09. The fourth-order valence-electron chi connectivity index (χ4n) is 3.89. The number of rotatable bonds is 4. The highest BCUT2D eigenvalue weighted by atomic mass is 35.5. The predicted molar refractivity (Wildman–Crippen MR) is 123 cm³/mol. The van der Waals surface area contributed by atoms with Crippen molar-refractivity contribution in [3.63, 3.8) is 0 Å². The smallest absolute Gasteiger partial charge is 0.282 e. The first-order chi connectivity index (χ1) is 15.5. The number of carbonyl (C=O) groups is 2. The highest BCUT2D eigenvalue weighted by Gasteiger charge is 2.42. The van der Waals surface area contributed by atoms with E-state index in [1.165, 1.54) is 4.90 Å². The van der Waals surface area contributed by atoms with Crippen molar-refractivity contribution >= 4 is 40.4 Å². The second-order valence-corrected chi connectivity index (χ2v) is 7.84. The number of hydrogen-bond donors (Lipinski definition) is 0. The van der Waals surface area contributed by atoms with Gasteiger partial charge in [0.05, 0.1) is 11.3 Å². The minimum atomic E-state index is -0.414. The Kier molecular flexibility index (Phi) is 5.07. The van der Waals surface area contributed by atoms with Gasteiger partial charge in [0, 0.05) is 23.8 Å². The van der Waals surface area contributed by atoms with Crippen LogP contribution in [0.4, 0.5) is 11.4 Å². The first-order valence-electron chi connectivity index (χ1n) is 10.1. The van der Waals surface area contributed by atoms with Crippen molar-refractivity contribution in [3.8, 4) is 11.5 Å². The van der Waals surface area contributed by atoms with E-state index in [1.54, 1.807) is 54.4 Å². The summed E-state index contributed by atoms with van der Waals surface area (Å²) in [6.07, 6.45) is 0. The van der Waals surface area contributed by atoms with Crippen LogP contribution >= 0.6 is 11.6 Å². The van der Waals surface area contributed by atoms with E-state index in [2.05, 4.69) is 0 Å². The molecule has 0 radical (unpaired) electrons. The van der Waals surface area contributed by atoms with Crippen molar-refractivity contribution in [1.29, 1.82) is 0 Å². The van der Waals surface area contributed by atoms with Gasteiger partial charge in [-0.05, 0) is 42.0 Å². The summed E-state index contributed by atoms with van der Waals surface area (Å²) in [5.41, 5.74) is 2.43. The molecule has 6 nitrogen and oxygen atoms in total. The Balaban J connectivity index is 1.62. The number of ether oxygens (including phenoxy) is 2. The molecular formula is C25H19ClN2O4. The maximum atomic E-state index is 13.7. The second-order valence-electron chi connectivity index (χ2n) is 7.40. The molecule has 32 heavy (non-hydrogen) atoms. The van der Waals surface area contributed by atoms with Crippen LogP contribution in [0.15, 0.2) is 78.5 Å². The number of anilines is 2. The number of hydrogen-bond acceptors (Lipinski definition) is 5. The molecule has 2 aliphatic rings. The zero-order chi connectivity index (χ0) is 22.2. The van der Waals surface area contributed by atoms with Gasteiger partial charge in [0.25, 0.3) is 11.8 Å². The van der Waals surface area contributed by atoms with Crippen molar-refractivity contribution in [2.45, 2.75) is 0 Å². The fourth-order valence-corrected chi connectivity index (χ4v) is 4.02. The van der Waals surface area contributed by atoms with Gasteiger partial charge in [0.2, 0.25) is 0 Å². The van der Waals surface area contributed by atoms with Crippen molar-refractivity contribution in [2.24, 2.45) is 0 Å². The summed E-state index contributed by atoms with van der Waals surface area (Å²) in [6.45, 7) is 0.872. The molecule has 2 heterocycles. The van der Waals surface area contributed by atoms with Gasteiger partial charge in [-0.25, -0.2) is 4.90 Å². The van der Waals surface area contributed by atoms with Gasteiger partial charge in [-0.2, -0.15) is 0 Å². The number of fused-ring (bicyclic) bond motifs is 1. The van der Waals surface area contributed by atoms with E-state index >= 15 is 0 Å². The highest BCUT2D eigenvalue weighted by molar-refractivity contribution is 6.46. The molecular weight excluding hydrogens is 428 g/mol. The summed E-state index contributed by atoms with van der Waals surface area (Å²) in [5.74, 6) is 0.272. The molecule has 0 unspecified atom stereocenters. The molecule has 0 atom stereocenters. The second kappa shape index (κ2) is 8.05. The molecule has 5 rings (SSSR count). The van der Waals surface area contributed by atoms with E-state index in [0.717, 1.165) is 5.69 Å². The Morgan fingerprint density at radius 2 is 1.53 bits per heavy atom. The zero-order valence-electron chi connectivity index (χ0n) is 17.2. The average molecular weight is 447 g/mol. The fraction of sp³-hybridized carbons (Fsp3) is 0.120. The van der Waals surface area contributed by atoms with Gasteiger partial charge in [0.1, 0.15) is 18.9 Å². The number of halogens is 1. The molecule has 160 valence electrons. The van der Waals surface area contributed by atoms with Crippen molar-refractivity contribution in [3.05, 3.63) is 89.1 Å². The number of nitrogens with zero attached hydrogens (tertiary/aromatic N) is 2. The first-order valence-corrected chi connectivity index (χ1v) is 10.5. The topological polar surface area (TPSA) is 59.1 Å². The molecule has 0 bridgehead atoms. The number of benzene rings is 3. The molecule has 0 aliphatic carbocycles. The van der Waals surface area contributed by atoms with Gasteiger partial charge in [-0.3, -0.25) is 9.59 Å². The molecule has 0 fully saturated rings. The van der Waals surface area contributed by atoms with Crippen molar-refractivity contribution in [2.75, 3.05) is 30.1 Å². The van der Waals surface area contributed by atoms with Crippen LogP contribution in [0.25, 0.3) is 5.57 Å². The maximum Gasteiger partial charge on any atom is 0.282 e. The normalized spacial score (nSPS) is 15.4. The molecule has 3 aromatic rings. The third-order valence-corrected chi connectivity index (χ3v) is 5.71. The van der Waals surface area contributed by atoms with Gasteiger partial charge in [-0.1, -0.05) is 41.9 Å². The summed E-state index contributed by atoms with van der Waals surface area (Å²) in [5, 5.41) is 0.549. The van der Waals surface area contributed by atoms with Crippen LogP contribution in [-0.4, -0.2) is 32.1 Å². The van der Waals surface area contributed by atoms with Gasteiger partial charge >= 0.3 is 0 Å². The SMILES string of the molecule is CN(C1=C(c2ccc(Cl)cc2)C(=O)N(c2ccc3c(c2)OCCO3)C1=O)c1ccccc1. The van der Waals surface area contributed by atoms with Crippen molar-refractivity contribution < 1.29 is 19.1 Å². The van der Waals surface area contributed by atoms with E-state index < -0.39 is 11.8 Å². The molecule has 0 saturated heterocycles. The lowest BCUT2D eigenvalue weighted by atomic mass is 10.0. The Morgan fingerprint density at radius 1 is 0.844 bits per heavy atom. The molecule has 0 N–H and O–H groups in total. The van der Waals surface area contributed by atoms with Crippen LogP contribution in [0.3, 0.4) is 0 Å². The standard InChI is InChI=1S/C25H19ClN2O4/c1-27(18-5-3-2-4-6-18)23-22(16-7-9-17(26)10-8-16)24(29)28(25(23)30)19-11-12-20-21(15-19)32-14-13-31-20/h2-12,15H,13-14H2,1H3. The van der Waals surface area contributed by atoms with Crippen LogP contribution in [0.1, 0.15) is 5.56 Å². The third-order valence-electron chi connectivity index (χ3n) is 5.46. The maximum absolute atomic E-state index is 13.7.